The standard InChI is InChI=1S/C15H28N2/c1-11(2)3-4-17-15-8-12-5-13(9-15)7-14(16,6-12)10-15/h11-13,17H,3-10,16H2,1-2H3. The molecule has 0 amide bonds. The lowest BCUT2D eigenvalue weighted by Crippen LogP contribution is -2.67. The second-order valence-electron chi connectivity index (χ2n) is 7.71. The molecular formula is C15H28N2. The summed E-state index contributed by atoms with van der Waals surface area (Å²) < 4.78 is 0. The molecule has 0 aliphatic heterocycles. The zero-order valence-electron chi connectivity index (χ0n) is 11.5. The van der Waals surface area contributed by atoms with Crippen LogP contribution in [-0.2, 0) is 0 Å². The first-order chi connectivity index (χ1) is 7.99. The first kappa shape index (κ1) is 12.0. The Morgan fingerprint density at radius 2 is 1.82 bits per heavy atom. The van der Waals surface area contributed by atoms with Gasteiger partial charge in [-0.05, 0) is 69.2 Å². The molecule has 4 aliphatic rings. The summed E-state index contributed by atoms with van der Waals surface area (Å²) in [5.41, 5.74) is 7.21. The number of nitrogens with two attached hydrogens (primary N) is 1. The van der Waals surface area contributed by atoms with Crippen molar-refractivity contribution in [3.63, 3.8) is 0 Å². The van der Waals surface area contributed by atoms with Crippen molar-refractivity contribution in [3.05, 3.63) is 0 Å². The summed E-state index contributed by atoms with van der Waals surface area (Å²) in [5.74, 6) is 2.66. The summed E-state index contributed by atoms with van der Waals surface area (Å²) in [7, 11) is 0. The summed E-state index contributed by atoms with van der Waals surface area (Å²) in [6.45, 7) is 5.81. The molecule has 2 atom stereocenters. The van der Waals surface area contributed by atoms with Crippen molar-refractivity contribution in [1.82, 2.24) is 5.32 Å². The van der Waals surface area contributed by atoms with E-state index in [0.717, 1.165) is 17.8 Å². The van der Waals surface area contributed by atoms with E-state index >= 15 is 0 Å². The van der Waals surface area contributed by atoms with Crippen molar-refractivity contribution in [2.45, 2.75) is 69.9 Å². The largest absolute Gasteiger partial charge is 0.325 e. The van der Waals surface area contributed by atoms with Gasteiger partial charge in [-0.3, -0.25) is 0 Å². The van der Waals surface area contributed by atoms with Gasteiger partial charge in [-0.25, -0.2) is 0 Å². The van der Waals surface area contributed by atoms with Crippen LogP contribution >= 0.6 is 0 Å². The molecule has 0 aromatic carbocycles. The fourth-order valence-corrected chi connectivity index (χ4v) is 5.17. The maximum atomic E-state index is 6.60. The second kappa shape index (κ2) is 3.96. The van der Waals surface area contributed by atoms with Gasteiger partial charge in [0.15, 0.2) is 0 Å². The quantitative estimate of drug-likeness (QED) is 0.787. The number of nitrogens with one attached hydrogen (secondary N) is 1. The third-order valence-corrected chi connectivity index (χ3v) is 5.33. The van der Waals surface area contributed by atoms with E-state index in [9.17, 15) is 0 Å². The maximum Gasteiger partial charge on any atom is 0.0204 e. The zero-order valence-corrected chi connectivity index (χ0v) is 11.5. The minimum atomic E-state index is 0.189. The molecule has 17 heavy (non-hydrogen) atoms. The molecule has 3 N–H and O–H groups in total. The molecule has 4 saturated carbocycles. The average Bonchev–Trinajstić information content (AvgIpc) is 2.11. The molecule has 4 aliphatic carbocycles. The van der Waals surface area contributed by atoms with Crippen molar-refractivity contribution >= 4 is 0 Å². The van der Waals surface area contributed by atoms with Crippen LogP contribution in [0.15, 0.2) is 0 Å². The zero-order chi connectivity index (χ0) is 12.1. The first-order valence-electron chi connectivity index (χ1n) is 7.53. The molecule has 2 heteroatoms. The molecule has 0 saturated heterocycles. The van der Waals surface area contributed by atoms with Crippen LogP contribution in [0.5, 0.6) is 0 Å². The van der Waals surface area contributed by atoms with Crippen LogP contribution in [0, 0.1) is 17.8 Å². The summed E-state index contributed by atoms with van der Waals surface area (Å²) in [6.07, 6.45) is 9.42. The van der Waals surface area contributed by atoms with E-state index in [-0.39, 0.29) is 5.54 Å². The molecule has 0 radical (unpaired) electrons. The Labute approximate surface area is 106 Å². The molecular weight excluding hydrogens is 208 g/mol. The molecule has 2 unspecified atom stereocenters. The van der Waals surface area contributed by atoms with E-state index in [4.69, 9.17) is 5.73 Å². The Hall–Kier alpha value is -0.0800. The molecule has 4 rings (SSSR count). The van der Waals surface area contributed by atoms with Crippen LogP contribution in [0.1, 0.15) is 58.8 Å². The lowest BCUT2D eigenvalue weighted by molar-refractivity contribution is -0.0357. The normalized spacial score (nSPS) is 48.0. The summed E-state index contributed by atoms with van der Waals surface area (Å²) >= 11 is 0. The van der Waals surface area contributed by atoms with E-state index in [1.807, 2.05) is 0 Å². The van der Waals surface area contributed by atoms with Crippen molar-refractivity contribution in [1.29, 1.82) is 0 Å². The summed E-state index contributed by atoms with van der Waals surface area (Å²) in [5, 5.41) is 3.90. The van der Waals surface area contributed by atoms with Gasteiger partial charge in [0.05, 0.1) is 0 Å². The second-order valence-corrected chi connectivity index (χ2v) is 7.71. The minimum Gasteiger partial charge on any atom is -0.325 e. The highest BCUT2D eigenvalue weighted by atomic mass is 15.0. The van der Waals surface area contributed by atoms with Crippen molar-refractivity contribution in [2.75, 3.05) is 6.54 Å². The van der Waals surface area contributed by atoms with Gasteiger partial charge in [0.2, 0.25) is 0 Å². The molecule has 2 nitrogen and oxygen atoms in total. The molecule has 4 fully saturated rings. The van der Waals surface area contributed by atoms with E-state index in [0.29, 0.717) is 5.54 Å². The van der Waals surface area contributed by atoms with Crippen LogP contribution < -0.4 is 11.1 Å². The van der Waals surface area contributed by atoms with Gasteiger partial charge >= 0.3 is 0 Å². The van der Waals surface area contributed by atoms with Crippen molar-refractivity contribution in [3.8, 4) is 0 Å². The van der Waals surface area contributed by atoms with Gasteiger partial charge < -0.3 is 11.1 Å². The fourth-order valence-electron chi connectivity index (χ4n) is 5.17. The molecule has 4 bridgehead atoms. The van der Waals surface area contributed by atoms with Crippen LogP contribution in [-0.4, -0.2) is 17.6 Å². The van der Waals surface area contributed by atoms with Gasteiger partial charge in [0.1, 0.15) is 0 Å². The predicted octanol–water partition coefficient (Wildman–Crippen LogP) is 2.67. The highest BCUT2D eigenvalue weighted by molar-refractivity contribution is 5.14. The molecule has 0 heterocycles. The number of hydrogen-bond donors (Lipinski definition) is 2. The molecule has 98 valence electrons. The molecule has 0 aromatic rings. The summed E-state index contributed by atoms with van der Waals surface area (Å²) in [6, 6.07) is 0. The van der Waals surface area contributed by atoms with Crippen LogP contribution in [0.2, 0.25) is 0 Å². The van der Waals surface area contributed by atoms with E-state index < -0.39 is 0 Å². The smallest absolute Gasteiger partial charge is 0.0204 e. The van der Waals surface area contributed by atoms with Gasteiger partial charge in [-0.2, -0.15) is 0 Å². The predicted molar refractivity (Wildman–Crippen MR) is 71.8 cm³/mol. The fraction of sp³-hybridized carbons (Fsp3) is 1.00. The molecule has 0 aromatic heterocycles. The SMILES string of the molecule is CC(C)CCNC12CC3CC(CC(N)(C3)C1)C2. The van der Waals surface area contributed by atoms with Gasteiger partial charge in [-0.15, -0.1) is 0 Å². The van der Waals surface area contributed by atoms with Crippen LogP contribution in [0.3, 0.4) is 0 Å². The Morgan fingerprint density at radius 3 is 2.35 bits per heavy atom. The Morgan fingerprint density at radius 1 is 1.18 bits per heavy atom. The molecule has 0 spiro atoms. The van der Waals surface area contributed by atoms with E-state index in [1.165, 1.54) is 51.5 Å². The third-order valence-electron chi connectivity index (χ3n) is 5.33. The van der Waals surface area contributed by atoms with E-state index in [1.54, 1.807) is 0 Å². The third kappa shape index (κ3) is 2.26. The lowest BCUT2D eigenvalue weighted by atomic mass is 9.50. The topological polar surface area (TPSA) is 38.0 Å². The monoisotopic (exact) mass is 236 g/mol. The van der Waals surface area contributed by atoms with Crippen molar-refractivity contribution in [2.24, 2.45) is 23.5 Å². The summed E-state index contributed by atoms with van der Waals surface area (Å²) in [4.78, 5) is 0. The highest BCUT2D eigenvalue weighted by Crippen LogP contribution is 2.56. The first-order valence-corrected chi connectivity index (χ1v) is 7.53. The minimum absolute atomic E-state index is 0.189. The maximum absolute atomic E-state index is 6.60. The highest BCUT2D eigenvalue weighted by Gasteiger charge is 2.55. The number of rotatable bonds is 4. The Balaban J connectivity index is 1.66. The average molecular weight is 236 g/mol. The number of hydrogen-bond acceptors (Lipinski definition) is 2. The van der Waals surface area contributed by atoms with Gasteiger partial charge in [-0.1, -0.05) is 13.8 Å². The van der Waals surface area contributed by atoms with Gasteiger partial charge in [0.25, 0.3) is 0 Å². The lowest BCUT2D eigenvalue weighted by Gasteiger charge is -2.61. The van der Waals surface area contributed by atoms with Gasteiger partial charge in [0, 0.05) is 11.1 Å². The van der Waals surface area contributed by atoms with E-state index in [2.05, 4.69) is 19.2 Å². The Kier molecular flexibility index (Phi) is 2.79. The van der Waals surface area contributed by atoms with Crippen LogP contribution in [0.25, 0.3) is 0 Å². The van der Waals surface area contributed by atoms with Crippen LogP contribution in [0.4, 0.5) is 0 Å². The Bertz CT molecular complexity index is 283. The van der Waals surface area contributed by atoms with Crippen molar-refractivity contribution < 1.29 is 0 Å².